The summed E-state index contributed by atoms with van der Waals surface area (Å²) in [5.41, 5.74) is 13.1. The topological polar surface area (TPSA) is 164 Å². The lowest BCUT2D eigenvalue weighted by Crippen LogP contribution is -2.32. The van der Waals surface area contributed by atoms with Crippen LogP contribution in [-0.2, 0) is 16.0 Å². The van der Waals surface area contributed by atoms with E-state index in [0.717, 1.165) is 16.7 Å². The Balaban J connectivity index is 0.000000144. The van der Waals surface area contributed by atoms with E-state index in [9.17, 15) is 9.59 Å². The number of Topliss-reactive ketones (excluding diaryl/α,β-unsaturated/α-hetero) is 1. The lowest BCUT2D eigenvalue weighted by molar-refractivity contribution is -0.138. The maximum atomic E-state index is 10.3. The summed E-state index contributed by atoms with van der Waals surface area (Å²) >= 11 is 0. The number of nitrogens with zero attached hydrogens (tertiary/aromatic N) is 2. The van der Waals surface area contributed by atoms with Crippen molar-refractivity contribution in [3.05, 3.63) is 48.8 Å². The molecule has 0 saturated heterocycles. The quantitative estimate of drug-likeness (QED) is 0.453. The van der Waals surface area contributed by atoms with Gasteiger partial charge in [-0.2, -0.15) is 0 Å². The van der Waals surface area contributed by atoms with Gasteiger partial charge >= 0.3 is 5.97 Å². The van der Waals surface area contributed by atoms with Gasteiger partial charge in [-0.05, 0) is 12.1 Å². The standard InChI is InChI=1S/C7H6N2.C6H9N3O2.C3H5NO/c1-2-4-7-6(3-1)8-5-9-7;7-5(6(10)11)1-4-2-8-3-9-4;4-2-1-3(2)5/h1-5H,(H,8,9);2-3,5H,1,7H2,(H,8,9)(H,10,11);2H,1,4H2/t;5-;/m.0./s1. The minimum absolute atomic E-state index is 0.0880. The van der Waals surface area contributed by atoms with E-state index in [-0.39, 0.29) is 18.2 Å². The number of carboxylic acids is 1. The molecule has 1 aliphatic rings. The van der Waals surface area contributed by atoms with Gasteiger partial charge in [0.15, 0.2) is 5.78 Å². The first-order valence-corrected chi connectivity index (χ1v) is 7.59. The highest BCUT2D eigenvalue weighted by molar-refractivity contribution is 5.99. The first-order chi connectivity index (χ1) is 12.0. The summed E-state index contributed by atoms with van der Waals surface area (Å²) in [7, 11) is 0. The number of aromatic nitrogens is 4. The molecule has 132 valence electrons. The van der Waals surface area contributed by atoms with Crippen LogP contribution in [0.2, 0.25) is 0 Å². The Morgan fingerprint density at radius 1 is 1.32 bits per heavy atom. The minimum atomic E-state index is -1.00. The predicted molar refractivity (Wildman–Crippen MR) is 91.6 cm³/mol. The number of aliphatic carboxylic acids is 1. The molecular weight excluding hydrogens is 324 g/mol. The Hall–Kier alpha value is -3.04. The second-order valence-corrected chi connectivity index (χ2v) is 5.42. The smallest absolute Gasteiger partial charge is 0.320 e. The monoisotopic (exact) mass is 344 g/mol. The fourth-order valence-corrected chi connectivity index (χ4v) is 1.76. The van der Waals surface area contributed by atoms with Crippen molar-refractivity contribution < 1.29 is 14.7 Å². The van der Waals surface area contributed by atoms with Gasteiger partial charge in [-0.25, -0.2) is 9.97 Å². The molecule has 3 aromatic rings. The van der Waals surface area contributed by atoms with Crippen molar-refractivity contribution in [2.75, 3.05) is 0 Å². The number of fused-ring (bicyclic) bond motifs is 1. The lowest BCUT2D eigenvalue weighted by Gasteiger charge is -2.02. The Labute approximate surface area is 143 Å². The van der Waals surface area contributed by atoms with Crippen molar-refractivity contribution in [2.24, 2.45) is 11.5 Å². The number of carbonyl (C=O) groups is 2. The molecule has 9 nitrogen and oxygen atoms in total. The second-order valence-electron chi connectivity index (χ2n) is 5.42. The van der Waals surface area contributed by atoms with Crippen molar-refractivity contribution >= 4 is 22.8 Å². The van der Waals surface area contributed by atoms with E-state index in [1.807, 2.05) is 24.3 Å². The molecule has 4 rings (SSSR count). The van der Waals surface area contributed by atoms with Gasteiger partial charge < -0.3 is 26.5 Å². The molecule has 0 radical (unpaired) electrons. The number of hydrogen-bond acceptors (Lipinski definition) is 6. The SMILES string of the molecule is NC1CC1=O.N[C@@H](Cc1cnc[nH]1)C(=O)O.c1ccc2[nH]cnc2c1. The highest BCUT2D eigenvalue weighted by Gasteiger charge is 2.29. The number of hydrogen-bond donors (Lipinski definition) is 5. The number of carbonyl (C=O) groups excluding carboxylic acids is 1. The third-order valence-electron chi connectivity index (χ3n) is 3.31. The van der Waals surface area contributed by atoms with E-state index < -0.39 is 12.0 Å². The molecule has 2 heterocycles. The zero-order valence-electron chi connectivity index (χ0n) is 13.4. The van der Waals surface area contributed by atoms with Crippen LogP contribution in [0.4, 0.5) is 0 Å². The maximum absolute atomic E-state index is 10.3. The van der Waals surface area contributed by atoms with Crippen molar-refractivity contribution in [1.82, 2.24) is 19.9 Å². The molecule has 1 saturated carbocycles. The fourth-order valence-electron chi connectivity index (χ4n) is 1.76. The number of imidazole rings is 2. The Morgan fingerprint density at radius 2 is 2.00 bits per heavy atom. The third-order valence-corrected chi connectivity index (χ3v) is 3.31. The molecule has 0 bridgehead atoms. The van der Waals surface area contributed by atoms with Crippen LogP contribution in [0.5, 0.6) is 0 Å². The number of benzene rings is 1. The van der Waals surface area contributed by atoms with Crippen LogP contribution in [0.1, 0.15) is 12.1 Å². The van der Waals surface area contributed by atoms with Crippen LogP contribution >= 0.6 is 0 Å². The zero-order valence-corrected chi connectivity index (χ0v) is 13.4. The van der Waals surface area contributed by atoms with Gasteiger partial charge in [0, 0.05) is 24.7 Å². The molecule has 0 amide bonds. The average Bonchev–Trinajstić information content (AvgIpc) is 3.06. The van der Waals surface area contributed by atoms with E-state index in [1.54, 1.807) is 12.5 Å². The summed E-state index contributed by atoms with van der Waals surface area (Å²) in [5.74, 6) is -0.801. The summed E-state index contributed by atoms with van der Waals surface area (Å²) < 4.78 is 0. The molecule has 1 fully saturated rings. The Morgan fingerprint density at radius 3 is 2.52 bits per heavy atom. The normalized spacial score (nSPS) is 16.2. The number of rotatable bonds is 3. The molecule has 25 heavy (non-hydrogen) atoms. The molecule has 0 aliphatic heterocycles. The lowest BCUT2D eigenvalue weighted by atomic mass is 10.2. The van der Waals surface area contributed by atoms with Gasteiger partial charge in [0.05, 0.1) is 29.7 Å². The summed E-state index contributed by atoms with van der Waals surface area (Å²) in [6.45, 7) is 0. The average molecular weight is 344 g/mol. The van der Waals surface area contributed by atoms with E-state index in [2.05, 4.69) is 19.9 Å². The summed E-state index contributed by atoms with van der Waals surface area (Å²) in [6.07, 6.45) is 5.65. The molecule has 9 heteroatoms. The molecule has 2 aromatic heterocycles. The summed E-state index contributed by atoms with van der Waals surface area (Å²) in [5, 5.41) is 8.42. The zero-order chi connectivity index (χ0) is 18.2. The number of carboxylic acid groups (broad SMARTS) is 1. The van der Waals surface area contributed by atoms with Crippen LogP contribution in [-0.4, -0.2) is 48.9 Å². The number of nitrogens with one attached hydrogen (secondary N) is 2. The number of H-pyrrole nitrogens is 2. The molecule has 1 aromatic carbocycles. The fraction of sp³-hybridized carbons (Fsp3) is 0.250. The van der Waals surface area contributed by atoms with Gasteiger partial charge in [0.1, 0.15) is 6.04 Å². The molecule has 2 atom stereocenters. The van der Waals surface area contributed by atoms with Gasteiger partial charge in [0.25, 0.3) is 0 Å². The molecule has 7 N–H and O–H groups in total. The molecule has 0 spiro atoms. The summed E-state index contributed by atoms with van der Waals surface area (Å²) in [6, 6.07) is 7.00. The van der Waals surface area contributed by atoms with Crippen LogP contribution in [0.3, 0.4) is 0 Å². The molecular formula is C16H20N6O3. The predicted octanol–water partition coefficient (Wildman–Crippen LogP) is 0.214. The molecule has 1 unspecified atom stereocenters. The highest BCUT2D eigenvalue weighted by Crippen LogP contribution is 2.07. The molecule has 1 aliphatic carbocycles. The first-order valence-electron chi connectivity index (χ1n) is 7.59. The highest BCUT2D eigenvalue weighted by atomic mass is 16.4. The second kappa shape index (κ2) is 8.71. The van der Waals surface area contributed by atoms with Crippen molar-refractivity contribution in [3.8, 4) is 0 Å². The maximum Gasteiger partial charge on any atom is 0.320 e. The number of ketones is 1. The van der Waals surface area contributed by atoms with Crippen molar-refractivity contribution in [1.29, 1.82) is 0 Å². The number of nitrogens with two attached hydrogens (primary N) is 2. The largest absolute Gasteiger partial charge is 0.480 e. The minimum Gasteiger partial charge on any atom is -0.480 e. The Kier molecular flexibility index (Phi) is 6.38. The third kappa shape index (κ3) is 6.16. The van der Waals surface area contributed by atoms with Crippen LogP contribution in [0.15, 0.2) is 43.1 Å². The van der Waals surface area contributed by atoms with Crippen molar-refractivity contribution in [3.63, 3.8) is 0 Å². The van der Waals surface area contributed by atoms with Gasteiger partial charge in [-0.1, -0.05) is 12.1 Å². The van der Waals surface area contributed by atoms with E-state index >= 15 is 0 Å². The van der Waals surface area contributed by atoms with Crippen LogP contribution < -0.4 is 11.5 Å². The van der Waals surface area contributed by atoms with E-state index in [4.69, 9.17) is 16.6 Å². The van der Waals surface area contributed by atoms with Crippen LogP contribution in [0.25, 0.3) is 11.0 Å². The van der Waals surface area contributed by atoms with Gasteiger partial charge in [0.2, 0.25) is 0 Å². The number of para-hydroxylation sites is 2. The van der Waals surface area contributed by atoms with Gasteiger partial charge in [-0.3, -0.25) is 9.59 Å². The summed E-state index contributed by atoms with van der Waals surface area (Å²) in [4.78, 5) is 33.6. The Bertz CT molecular complexity index is 784. The van der Waals surface area contributed by atoms with Crippen LogP contribution in [0, 0.1) is 0 Å². The van der Waals surface area contributed by atoms with Gasteiger partial charge in [-0.15, -0.1) is 0 Å². The first kappa shape index (κ1) is 18.3. The van der Waals surface area contributed by atoms with Crippen molar-refractivity contribution in [2.45, 2.75) is 24.9 Å². The van der Waals surface area contributed by atoms with E-state index in [0.29, 0.717) is 6.42 Å². The number of aromatic amines is 2. The van der Waals surface area contributed by atoms with E-state index in [1.165, 1.54) is 6.33 Å².